The van der Waals surface area contributed by atoms with E-state index in [0.29, 0.717) is 10.9 Å². The molecule has 0 bridgehead atoms. The minimum absolute atomic E-state index is 0.709. The zero-order valence-corrected chi connectivity index (χ0v) is 11.6. The molecule has 17 heavy (non-hydrogen) atoms. The molecule has 0 amide bonds. The summed E-state index contributed by atoms with van der Waals surface area (Å²) in [4.78, 5) is 4.29. The predicted molar refractivity (Wildman–Crippen MR) is 74.6 cm³/mol. The summed E-state index contributed by atoms with van der Waals surface area (Å²) in [6.07, 6.45) is 4.10. The normalized spacial score (nSPS) is 10.9. The van der Waals surface area contributed by atoms with E-state index in [1.165, 1.54) is 12.8 Å². The van der Waals surface area contributed by atoms with Gasteiger partial charge >= 0.3 is 0 Å². The molecule has 96 valence electrons. The van der Waals surface area contributed by atoms with Gasteiger partial charge in [-0.3, -0.25) is 0 Å². The molecule has 2 N–H and O–H groups in total. The molecule has 3 nitrogen and oxygen atoms in total. The van der Waals surface area contributed by atoms with Crippen LogP contribution < -0.4 is 10.6 Å². The predicted octanol–water partition coefficient (Wildman–Crippen LogP) is 3.30. The number of hydrogen-bond donors (Lipinski definition) is 2. The summed E-state index contributed by atoms with van der Waals surface area (Å²) >= 11 is 6.06. The average Bonchev–Trinajstić information content (AvgIpc) is 2.34. The third-order valence-electron chi connectivity index (χ3n) is 3.03. The molecule has 1 aromatic rings. The first-order chi connectivity index (χ1) is 8.21. The van der Waals surface area contributed by atoms with Crippen LogP contribution in [0.25, 0.3) is 0 Å². The fourth-order valence-corrected chi connectivity index (χ4v) is 1.90. The molecular weight excluding hydrogens is 234 g/mol. The number of hydrogen-bond acceptors (Lipinski definition) is 3. The van der Waals surface area contributed by atoms with Crippen LogP contribution in [0.4, 0.5) is 5.82 Å². The zero-order valence-electron chi connectivity index (χ0n) is 10.9. The Bertz CT molecular complexity index is 337. The first-order valence-corrected chi connectivity index (χ1v) is 6.61. The number of nitrogens with one attached hydrogen (secondary N) is 2. The second-order valence-electron chi connectivity index (χ2n) is 4.25. The van der Waals surface area contributed by atoms with E-state index in [-0.39, 0.29) is 0 Å². The molecule has 4 heteroatoms. The van der Waals surface area contributed by atoms with Crippen LogP contribution in [0.3, 0.4) is 0 Å². The van der Waals surface area contributed by atoms with Crippen LogP contribution >= 0.6 is 11.6 Å². The van der Waals surface area contributed by atoms with Crippen LogP contribution in [0.1, 0.15) is 32.3 Å². The minimum Gasteiger partial charge on any atom is -0.370 e. The maximum atomic E-state index is 6.06. The van der Waals surface area contributed by atoms with Gasteiger partial charge in [0, 0.05) is 19.3 Å². The zero-order chi connectivity index (χ0) is 12.7. The van der Waals surface area contributed by atoms with Gasteiger partial charge in [0.05, 0.1) is 5.02 Å². The van der Waals surface area contributed by atoms with Gasteiger partial charge in [0.2, 0.25) is 0 Å². The highest BCUT2D eigenvalue weighted by molar-refractivity contribution is 6.31. The van der Waals surface area contributed by atoms with E-state index in [0.717, 1.165) is 24.5 Å². The van der Waals surface area contributed by atoms with E-state index in [4.69, 9.17) is 11.6 Å². The highest BCUT2D eigenvalue weighted by Crippen LogP contribution is 2.18. The van der Waals surface area contributed by atoms with Crippen molar-refractivity contribution < 1.29 is 0 Å². The van der Waals surface area contributed by atoms with Gasteiger partial charge in [-0.15, -0.1) is 0 Å². The molecule has 0 atom stereocenters. The van der Waals surface area contributed by atoms with Crippen molar-refractivity contribution in [2.24, 2.45) is 5.92 Å². The van der Waals surface area contributed by atoms with Gasteiger partial charge in [-0.2, -0.15) is 0 Å². The highest BCUT2D eigenvalue weighted by Gasteiger charge is 2.05. The Hall–Kier alpha value is -0.800. The fraction of sp³-hybridized carbons (Fsp3) is 0.615. The second-order valence-corrected chi connectivity index (χ2v) is 4.66. The van der Waals surface area contributed by atoms with Gasteiger partial charge in [0.15, 0.2) is 0 Å². The van der Waals surface area contributed by atoms with E-state index in [1.807, 2.05) is 13.1 Å². The average molecular weight is 256 g/mol. The molecule has 1 heterocycles. The molecule has 1 aromatic heterocycles. The van der Waals surface area contributed by atoms with Crippen molar-refractivity contribution in [2.45, 2.75) is 33.2 Å². The van der Waals surface area contributed by atoms with Crippen LogP contribution in [0.15, 0.2) is 12.3 Å². The van der Waals surface area contributed by atoms with E-state index >= 15 is 0 Å². The van der Waals surface area contributed by atoms with E-state index in [1.54, 1.807) is 6.20 Å². The molecule has 0 aromatic carbocycles. The van der Waals surface area contributed by atoms with Crippen molar-refractivity contribution in [3.8, 4) is 0 Å². The maximum absolute atomic E-state index is 6.06. The van der Waals surface area contributed by atoms with Crippen LogP contribution in [0, 0.1) is 5.92 Å². The Labute approximate surface area is 109 Å². The van der Waals surface area contributed by atoms with E-state index < -0.39 is 0 Å². The molecule has 0 saturated carbocycles. The van der Waals surface area contributed by atoms with Crippen molar-refractivity contribution in [1.29, 1.82) is 0 Å². The van der Waals surface area contributed by atoms with Crippen molar-refractivity contribution >= 4 is 17.4 Å². The molecule has 0 spiro atoms. The van der Waals surface area contributed by atoms with E-state index in [2.05, 4.69) is 29.5 Å². The van der Waals surface area contributed by atoms with Crippen LogP contribution in [0.5, 0.6) is 0 Å². The van der Waals surface area contributed by atoms with Crippen LogP contribution in [-0.2, 0) is 6.54 Å². The summed E-state index contributed by atoms with van der Waals surface area (Å²) in [6, 6.07) is 2.02. The monoisotopic (exact) mass is 255 g/mol. The SMILES string of the molecule is CCC(CC)CNc1cc(CNC)c(Cl)cn1. The van der Waals surface area contributed by atoms with Crippen molar-refractivity contribution in [2.75, 3.05) is 18.9 Å². The lowest BCUT2D eigenvalue weighted by Gasteiger charge is -2.14. The maximum Gasteiger partial charge on any atom is 0.126 e. The minimum atomic E-state index is 0.709. The molecule has 0 aliphatic rings. The molecule has 0 saturated heterocycles. The summed E-state index contributed by atoms with van der Waals surface area (Å²) < 4.78 is 0. The Morgan fingerprint density at radius 1 is 1.35 bits per heavy atom. The van der Waals surface area contributed by atoms with Gasteiger partial charge in [-0.1, -0.05) is 38.3 Å². The van der Waals surface area contributed by atoms with Gasteiger partial charge in [-0.05, 0) is 24.6 Å². The Morgan fingerprint density at radius 3 is 2.65 bits per heavy atom. The number of aromatic nitrogens is 1. The lowest BCUT2D eigenvalue weighted by molar-refractivity contribution is 0.518. The summed E-state index contributed by atoms with van der Waals surface area (Å²) in [5.74, 6) is 1.62. The number of pyridine rings is 1. The quantitative estimate of drug-likeness (QED) is 0.785. The number of rotatable bonds is 7. The molecule has 0 radical (unpaired) electrons. The summed E-state index contributed by atoms with van der Waals surface area (Å²) in [7, 11) is 1.91. The highest BCUT2D eigenvalue weighted by atomic mass is 35.5. The van der Waals surface area contributed by atoms with Crippen LogP contribution in [-0.4, -0.2) is 18.6 Å². The Balaban J connectivity index is 2.62. The first-order valence-electron chi connectivity index (χ1n) is 6.24. The van der Waals surface area contributed by atoms with Gasteiger partial charge in [0.25, 0.3) is 0 Å². The number of halogens is 1. The summed E-state index contributed by atoms with van der Waals surface area (Å²) in [5.41, 5.74) is 1.08. The summed E-state index contributed by atoms with van der Waals surface area (Å²) in [5, 5.41) is 7.19. The Kier molecular flexibility index (Phi) is 6.30. The number of nitrogens with zero attached hydrogens (tertiary/aromatic N) is 1. The van der Waals surface area contributed by atoms with Crippen LogP contribution in [0.2, 0.25) is 5.02 Å². The number of anilines is 1. The second kappa shape index (κ2) is 7.51. The molecular formula is C13H22ClN3. The lowest BCUT2D eigenvalue weighted by atomic mass is 10.0. The van der Waals surface area contributed by atoms with Crippen molar-refractivity contribution in [1.82, 2.24) is 10.3 Å². The third kappa shape index (κ3) is 4.52. The lowest BCUT2D eigenvalue weighted by Crippen LogP contribution is -2.14. The largest absolute Gasteiger partial charge is 0.370 e. The van der Waals surface area contributed by atoms with Gasteiger partial charge in [-0.25, -0.2) is 4.98 Å². The molecule has 1 rings (SSSR count). The molecule has 0 aliphatic heterocycles. The Morgan fingerprint density at radius 2 is 2.06 bits per heavy atom. The molecule has 0 unspecified atom stereocenters. The summed E-state index contributed by atoms with van der Waals surface area (Å²) in [6.45, 7) is 6.18. The molecule has 0 aliphatic carbocycles. The van der Waals surface area contributed by atoms with Crippen molar-refractivity contribution in [3.05, 3.63) is 22.8 Å². The van der Waals surface area contributed by atoms with E-state index in [9.17, 15) is 0 Å². The van der Waals surface area contributed by atoms with Crippen molar-refractivity contribution in [3.63, 3.8) is 0 Å². The fourth-order valence-electron chi connectivity index (χ4n) is 1.73. The molecule has 0 fully saturated rings. The van der Waals surface area contributed by atoms with Gasteiger partial charge < -0.3 is 10.6 Å². The standard InChI is InChI=1S/C13H22ClN3/c1-4-10(5-2)7-16-13-6-11(8-15-3)12(14)9-17-13/h6,9-10,15H,4-5,7-8H2,1-3H3,(H,16,17). The smallest absolute Gasteiger partial charge is 0.126 e. The third-order valence-corrected chi connectivity index (χ3v) is 3.37. The topological polar surface area (TPSA) is 37.0 Å². The van der Waals surface area contributed by atoms with Gasteiger partial charge in [0.1, 0.15) is 5.82 Å². The first kappa shape index (κ1) is 14.3.